The van der Waals surface area contributed by atoms with Gasteiger partial charge in [0.05, 0.1) is 4.92 Å². The Balaban J connectivity index is 2.87. The molecule has 1 radical (unpaired) electrons. The fourth-order valence-corrected chi connectivity index (χ4v) is 1.47. The monoisotopic (exact) mass is 171 g/mol. The van der Waals surface area contributed by atoms with Crippen LogP contribution in [0.15, 0.2) is 11.4 Å². The van der Waals surface area contributed by atoms with Crippen molar-refractivity contribution in [3.63, 3.8) is 0 Å². The van der Waals surface area contributed by atoms with E-state index in [0.717, 1.165) is 0 Å². The first-order valence-corrected chi connectivity index (χ1v) is 3.88. The van der Waals surface area contributed by atoms with Crippen molar-refractivity contribution in [2.75, 3.05) is 11.9 Å². The van der Waals surface area contributed by atoms with Crippen molar-refractivity contribution in [1.82, 2.24) is 0 Å². The molecule has 1 N–H and O–H groups in total. The van der Waals surface area contributed by atoms with Crippen LogP contribution in [0.4, 0.5) is 10.7 Å². The van der Waals surface area contributed by atoms with E-state index in [1.54, 1.807) is 5.38 Å². The summed E-state index contributed by atoms with van der Waals surface area (Å²) in [7, 11) is 0. The molecular weight excluding hydrogens is 164 g/mol. The van der Waals surface area contributed by atoms with Gasteiger partial charge >= 0.3 is 5.69 Å². The van der Waals surface area contributed by atoms with Gasteiger partial charge in [0.2, 0.25) is 0 Å². The van der Waals surface area contributed by atoms with Crippen molar-refractivity contribution in [2.45, 2.75) is 0 Å². The molecule has 1 heterocycles. The summed E-state index contributed by atoms with van der Waals surface area (Å²) in [6.07, 6.45) is 0. The molecule has 0 aliphatic heterocycles. The largest absolute Gasteiger partial charge is 0.371 e. The lowest BCUT2D eigenvalue weighted by molar-refractivity contribution is -0.383. The van der Waals surface area contributed by atoms with Crippen LogP contribution in [0.5, 0.6) is 0 Å². The van der Waals surface area contributed by atoms with Crippen LogP contribution in [0.25, 0.3) is 0 Å². The second-order valence-corrected chi connectivity index (χ2v) is 2.73. The van der Waals surface area contributed by atoms with Crippen molar-refractivity contribution in [2.24, 2.45) is 0 Å². The molecule has 11 heavy (non-hydrogen) atoms. The minimum atomic E-state index is -0.408. The second-order valence-electron chi connectivity index (χ2n) is 1.82. The average molecular weight is 171 g/mol. The van der Waals surface area contributed by atoms with E-state index in [2.05, 4.69) is 12.2 Å². The minimum absolute atomic E-state index is 0.124. The lowest BCUT2D eigenvalue weighted by Gasteiger charge is -1.96. The van der Waals surface area contributed by atoms with E-state index in [1.165, 1.54) is 17.4 Å². The summed E-state index contributed by atoms with van der Waals surface area (Å²) >= 11 is 1.31. The van der Waals surface area contributed by atoms with Crippen molar-refractivity contribution in [3.05, 3.63) is 28.5 Å². The molecule has 0 amide bonds. The fourth-order valence-electron chi connectivity index (χ4n) is 0.692. The van der Waals surface area contributed by atoms with E-state index in [-0.39, 0.29) is 5.69 Å². The van der Waals surface area contributed by atoms with Crippen LogP contribution in [0, 0.1) is 17.0 Å². The Hall–Kier alpha value is -1.10. The van der Waals surface area contributed by atoms with E-state index in [9.17, 15) is 10.1 Å². The van der Waals surface area contributed by atoms with Crippen LogP contribution in [0.3, 0.4) is 0 Å². The molecule has 0 bridgehead atoms. The molecule has 0 aromatic carbocycles. The third-order valence-corrected chi connectivity index (χ3v) is 1.99. The molecule has 0 spiro atoms. The molecule has 1 aromatic heterocycles. The van der Waals surface area contributed by atoms with Crippen LogP contribution in [0.1, 0.15) is 0 Å². The Bertz CT molecular complexity index is 259. The molecule has 0 aliphatic carbocycles. The molecule has 0 unspecified atom stereocenters. The molecule has 0 fully saturated rings. The summed E-state index contributed by atoms with van der Waals surface area (Å²) in [5, 5.41) is 15.4. The number of nitrogens with zero attached hydrogens (tertiary/aromatic N) is 1. The summed E-state index contributed by atoms with van der Waals surface area (Å²) in [6.45, 7) is 3.99. The highest BCUT2D eigenvalue weighted by molar-refractivity contribution is 7.14. The molecule has 0 saturated heterocycles. The molecule has 0 atom stereocenters. The zero-order valence-corrected chi connectivity index (χ0v) is 6.56. The van der Waals surface area contributed by atoms with E-state index in [4.69, 9.17) is 0 Å². The maximum atomic E-state index is 10.3. The number of rotatable bonds is 3. The van der Waals surface area contributed by atoms with Crippen molar-refractivity contribution in [3.8, 4) is 0 Å². The van der Waals surface area contributed by atoms with Gasteiger partial charge in [-0.25, -0.2) is 0 Å². The van der Waals surface area contributed by atoms with Crippen LogP contribution >= 0.6 is 11.3 Å². The van der Waals surface area contributed by atoms with Gasteiger partial charge < -0.3 is 5.32 Å². The van der Waals surface area contributed by atoms with Gasteiger partial charge in [-0.05, 0) is 12.3 Å². The van der Waals surface area contributed by atoms with E-state index >= 15 is 0 Å². The molecule has 0 aliphatic rings. The number of nitrogens with one attached hydrogen (secondary N) is 1. The summed E-state index contributed by atoms with van der Waals surface area (Å²) in [5.41, 5.74) is 0.124. The van der Waals surface area contributed by atoms with Gasteiger partial charge in [0.1, 0.15) is 0 Å². The van der Waals surface area contributed by atoms with E-state index in [0.29, 0.717) is 11.5 Å². The maximum Gasteiger partial charge on any atom is 0.303 e. The zero-order valence-electron chi connectivity index (χ0n) is 5.74. The van der Waals surface area contributed by atoms with Gasteiger partial charge in [-0.1, -0.05) is 0 Å². The first-order valence-electron chi connectivity index (χ1n) is 3.00. The van der Waals surface area contributed by atoms with Gasteiger partial charge in [-0.3, -0.25) is 10.1 Å². The highest BCUT2D eigenvalue weighted by atomic mass is 32.1. The molecule has 1 rings (SSSR count). The Morgan fingerprint density at radius 1 is 1.82 bits per heavy atom. The van der Waals surface area contributed by atoms with Crippen LogP contribution in [-0.4, -0.2) is 11.5 Å². The van der Waals surface area contributed by atoms with Crippen LogP contribution in [0.2, 0.25) is 0 Å². The summed E-state index contributed by atoms with van der Waals surface area (Å²) < 4.78 is 0. The Labute approximate surface area is 68.0 Å². The highest BCUT2D eigenvalue weighted by Gasteiger charge is 2.12. The van der Waals surface area contributed by atoms with Gasteiger partial charge in [-0.2, -0.15) is 0 Å². The molecule has 1 aromatic rings. The topological polar surface area (TPSA) is 55.2 Å². The number of hydrogen-bond acceptors (Lipinski definition) is 4. The van der Waals surface area contributed by atoms with Crippen molar-refractivity contribution >= 4 is 22.0 Å². The summed E-state index contributed by atoms with van der Waals surface area (Å²) in [5.74, 6) is 0. The molecular formula is C6H7N2O2S. The predicted molar refractivity (Wildman–Crippen MR) is 44.8 cm³/mol. The predicted octanol–water partition coefficient (Wildman–Crippen LogP) is 1.90. The van der Waals surface area contributed by atoms with Crippen molar-refractivity contribution < 1.29 is 4.92 Å². The Kier molecular flexibility index (Phi) is 2.43. The first kappa shape index (κ1) is 8.00. The SMILES string of the molecule is [CH2]CNc1sccc1[N+](=O)[O-]. The van der Waals surface area contributed by atoms with Gasteiger partial charge in [-0.15, -0.1) is 11.3 Å². The molecule has 4 nitrogen and oxygen atoms in total. The van der Waals surface area contributed by atoms with Crippen LogP contribution in [-0.2, 0) is 0 Å². The van der Waals surface area contributed by atoms with Crippen molar-refractivity contribution in [1.29, 1.82) is 0 Å². The highest BCUT2D eigenvalue weighted by Crippen LogP contribution is 2.29. The van der Waals surface area contributed by atoms with Gasteiger partial charge in [0.25, 0.3) is 0 Å². The standard InChI is InChI=1S/C6H7N2O2S/c1-2-7-6-5(8(9)10)3-4-11-6/h3-4,7H,1-2H2. The zero-order chi connectivity index (χ0) is 8.27. The van der Waals surface area contributed by atoms with E-state index < -0.39 is 4.92 Å². The Morgan fingerprint density at radius 2 is 2.55 bits per heavy atom. The normalized spacial score (nSPS) is 9.55. The number of thiophene rings is 1. The molecule has 59 valence electrons. The summed E-state index contributed by atoms with van der Waals surface area (Å²) in [4.78, 5) is 9.90. The number of anilines is 1. The summed E-state index contributed by atoms with van der Waals surface area (Å²) in [6, 6.07) is 1.47. The third kappa shape index (κ3) is 1.68. The fraction of sp³-hybridized carbons (Fsp3) is 0.167. The molecule has 0 saturated carbocycles. The lowest BCUT2D eigenvalue weighted by Crippen LogP contribution is -1.97. The number of hydrogen-bond donors (Lipinski definition) is 1. The molecule has 5 heteroatoms. The number of nitro groups is 1. The Morgan fingerprint density at radius 3 is 3.09 bits per heavy atom. The first-order chi connectivity index (χ1) is 5.25. The van der Waals surface area contributed by atoms with Crippen LogP contribution < -0.4 is 5.32 Å². The van der Waals surface area contributed by atoms with Gasteiger partial charge in [0.15, 0.2) is 5.00 Å². The lowest BCUT2D eigenvalue weighted by atomic mass is 10.5. The van der Waals surface area contributed by atoms with E-state index in [1.807, 2.05) is 0 Å². The minimum Gasteiger partial charge on any atom is -0.371 e. The smallest absolute Gasteiger partial charge is 0.303 e. The van der Waals surface area contributed by atoms with Gasteiger partial charge in [0, 0.05) is 12.6 Å². The average Bonchev–Trinajstić information content (AvgIpc) is 2.36. The maximum absolute atomic E-state index is 10.3. The third-order valence-electron chi connectivity index (χ3n) is 1.13. The quantitative estimate of drug-likeness (QED) is 0.558. The second kappa shape index (κ2) is 3.34.